The van der Waals surface area contributed by atoms with Crippen LogP contribution in [0.15, 0.2) is 59.2 Å². The van der Waals surface area contributed by atoms with Gasteiger partial charge in [0.25, 0.3) is 5.91 Å². The Kier molecular flexibility index (Phi) is 5.51. The maximum atomic E-state index is 12.3. The lowest BCUT2D eigenvalue weighted by atomic mass is 10.3. The van der Waals surface area contributed by atoms with Crippen molar-refractivity contribution in [1.82, 2.24) is 14.9 Å². The lowest BCUT2D eigenvalue weighted by molar-refractivity contribution is -0.148. The summed E-state index contributed by atoms with van der Waals surface area (Å²) < 4.78 is 10.5. The number of pyridine rings is 1. The standard InChI is InChI=1S/C21H20N4O4/c26-20(25-13-11-24(12-14-25)18-7-3-4-10-22-18)15-28-21(27)9-8-19-23-16-5-1-2-6-17(16)29-19/h1-10H,11-15H2/b9-8+. The molecule has 1 aliphatic rings. The topological polar surface area (TPSA) is 88.8 Å². The number of para-hydroxylation sites is 2. The van der Waals surface area contributed by atoms with Crippen LogP contribution in [0, 0.1) is 0 Å². The highest BCUT2D eigenvalue weighted by Crippen LogP contribution is 2.15. The molecule has 1 saturated heterocycles. The molecule has 1 amide bonds. The Morgan fingerprint density at radius 1 is 1.07 bits per heavy atom. The summed E-state index contributed by atoms with van der Waals surface area (Å²) >= 11 is 0. The Morgan fingerprint density at radius 2 is 1.86 bits per heavy atom. The zero-order chi connectivity index (χ0) is 20.1. The third kappa shape index (κ3) is 4.60. The predicted octanol–water partition coefficient (Wildman–Crippen LogP) is 2.13. The first kappa shape index (κ1) is 18.7. The van der Waals surface area contributed by atoms with Gasteiger partial charge in [0, 0.05) is 44.5 Å². The van der Waals surface area contributed by atoms with Gasteiger partial charge in [0.2, 0.25) is 5.89 Å². The minimum atomic E-state index is -0.618. The predicted molar refractivity (Wildman–Crippen MR) is 107 cm³/mol. The van der Waals surface area contributed by atoms with E-state index in [1.807, 2.05) is 36.4 Å². The van der Waals surface area contributed by atoms with Crippen LogP contribution in [0.2, 0.25) is 0 Å². The van der Waals surface area contributed by atoms with Gasteiger partial charge in [0.1, 0.15) is 11.3 Å². The molecule has 148 valence electrons. The van der Waals surface area contributed by atoms with E-state index in [1.54, 1.807) is 17.2 Å². The molecule has 0 unspecified atom stereocenters. The number of aromatic nitrogens is 2. The molecule has 0 spiro atoms. The van der Waals surface area contributed by atoms with Crippen LogP contribution in [0.3, 0.4) is 0 Å². The van der Waals surface area contributed by atoms with Crippen molar-refractivity contribution in [2.24, 2.45) is 0 Å². The number of amides is 1. The molecule has 1 fully saturated rings. The van der Waals surface area contributed by atoms with Crippen LogP contribution in [0.25, 0.3) is 17.2 Å². The van der Waals surface area contributed by atoms with E-state index >= 15 is 0 Å². The van der Waals surface area contributed by atoms with E-state index in [0.29, 0.717) is 43.2 Å². The Balaban J connectivity index is 1.23. The van der Waals surface area contributed by atoms with Gasteiger partial charge in [-0.25, -0.2) is 14.8 Å². The minimum Gasteiger partial charge on any atom is -0.452 e. The number of carbonyl (C=O) groups is 2. The van der Waals surface area contributed by atoms with Crippen molar-refractivity contribution in [1.29, 1.82) is 0 Å². The number of esters is 1. The van der Waals surface area contributed by atoms with Crippen LogP contribution in [-0.4, -0.2) is 59.5 Å². The Bertz CT molecular complexity index is 990. The van der Waals surface area contributed by atoms with Gasteiger partial charge in [-0.1, -0.05) is 18.2 Å². The summed E-state index contributed by atoms with van der Waals surface area (Å²) in [6.07, 6.45) is 4.39. The molecule has 0 saturated carbocycles. The van der Waals surface area contributed by atoms with E-state index in [4.69, 9.17) is 9.15 Å². The van der Waals surface area contributed by atoms with E-state index in [-0.39, 0.29) is 12.5 Å². The maximum Gasteiger partial charge on any atom is 0.331 e. The number of benzene rings is 1. The molecule has 3 aromatic rings. The van der Waals surface area contributed by atoms with Gasteiger partial charge in [0.05, 0.1) is 0 Å². The number of rotatable bonds is 5. The van der Waals surface area contributed by atoms with Crippen molar-refractivity contribution in [3.63, 3.8) is 0 Å². The Morgan fingerprint density at radius 3 is 2.62 bits per heavy atom. The second-order valence-corrected chi connectivity index (χ2v) is 6.52. The third-order valence-corrected chi connectivity index (χ3v) is 4.62. The quantitative estimate of drug-likeness (QED) is 0.485. The highest BCUT2D eigenvalue weighted by molar-refractivity contribution is 5.89. The van der Waals surface area contributed by atoms with Crippen molar-refractivity contribution in [3.8, 4) is 0 Å². The smallest absolute Gasteiger partial charge is 0.331 e. The van der Waals surface area contributed by atoms with E-state index in [1.165, 1.54) is 12.2 Å². The molecule has 1 aromatic carbocycles. The van der Waals surface area contributed by atoms with Gasteiger partial charge in [-0.05, 0) is 24.3 Å². The first-order valence-corrected chi connectivity index (χ1v) is 9.33. The summed E-state index contributed by atoms with van der Waals surface area (Å²) in [7, 11) is 0. The molecule has 0 atom stereocenters. The molecule has 0 N–H and O–H groups in total. The summed E-state index contributed by atoms with van der Waals surface area (Å²) in [6.45, 7) is 2.21. The highest BCUT2D eigenvalue weighted by Gasteiger charge is 2.22. The summed E-state index contributed by atoms with van der Waals surface area (Å²) in [6, 6.07) is 13.1. The number of hydrogen-bond donors (Lipinski definition) is 0. The van der Waals surface area contributed by atoms with Gasteiger partial charge in [-0.2, -0.15) is 0 Å². The molecule has 3 heterocycles. The summed E-state index contributed by atoms with van der Waals surface area (Å²) in [5, 5.41) is 0. The second-order valence-electron chi connectivity index (χ2n) is 6.52. The lowest BCUT2D eigenvalue weighted by Gasteiger charge is -2.35. The van der Waals surface area contributed by atoms with E-state index < -0.39 is 5.97 Å². The fraction of sp³-hybridized carbons (Fsp3) is 0.238. The molecular weight excluding hydrogens is 372 g/mol. The molecule has 8 heteroatoms. The van der Waals surface area contributed by atoms with Crippen molar-refractivity contribution in [2.45, 2.75) is 0 Å². The Hall–Kier alpha value is -3.68. The monoisotopic (exact) mass is 392 g/mol. The van der Waals surface area contributed by atoms with E-state index in [2.05, 4.69) is 14.9 Å². The number of fused-ring (bicyclic) bond motifs is 1. The van der Waals surface area contributed by atoms with Crippen LogP contribution in [0.1, 0.15) is 5.89 Å². The van der Waals surface area contributed by atoms with Crippen molar-refractivity contribution < 1.29 is 18.7 Å². The lowest BCUT2D eigenvalue weighted by Crippen LogP contribution is -2.50. The molecule has 0 radical (unpaired) electrons. The number of carbonyl (C=O) groups excluding carboxylic acids is 2. The van der Waals surface area contributed by atoms with Gasteiger partial charge in [0.15, 0.2) is 12.2 Å². The van der Waals surface area contributed by atoms with E-state index in [0.717, 1.165) is 5.82 Å². The Labute approximate surface area is 167 Å². The number of hydrogen-bond acceptors (Lipinski definition) is 7. The van der Waals surface area contributed by atoms with Crippen LogP contribution in [-0.2, 0) is 14.3 Å². The summed E-state index contributed by atoms with van der Waals surface area (Å²) in [5.41, 5.74) is 1.35. The molecule has 0 aliphatic carbocycles. The normalized spacial score (nSPS) is 14.5. The van der Waals surface area contributed by atoms with Crippen LogP contribution < -0.4 is 4.90 Å². The maximum absolute atomic E-state index is 12.3. The average molecular weight is 392 g/mol. The number of nitrogens with zero attached hydrogens (tertiary/aromatic N) is 4. The first-order chi connectivity index (χ1) is 14.2. The van der Waals surface area contributed by atoms with Gasteiger partial charge < -0.3 is 19.0 Å². The molecule has 8 nitrogen and oxygen atoms in total. The largest absolute Gasteiger partial charge is 0.452 e. The summed E-state index contributed by atoms with van der Waals surface area (Å²) in [4.78, 5) is 36.6. The SMILES string of the molecule is O=C(/C=C/c1nc2ccccc2o1)OCC(=O)N1CCN(c2ccccn2)CC1. The van der Waals surface area contributed by atoms with Crippen molar-refractivity contribution in [3.05, 3.63) is 60.6 Å². The molecule has 4 rings (SSSR count). The highest BCUT2D eigenvalue weighted by atomic mass is 16.5. The third-order valence-electron chi connectivity index (χ3n) is 4.62. The van der Waals surface area contributed by atoms with E-state index in [9.17, 15) is 9.59 Å². The summed E-state index contributed by atoms with van der Waals surface area (Å²) in [5.74, 6) is 0.373. The molecule has 2 aromatic heterocycles. The van der Waals surface area contributed by atoms with Crippen molar-refractivity contribution >= 4 is 34.9 Å². The average Bonchev–Trinajstić information content (AvgIpc) is 3.20. The second kappa shape index (κ2) is 8.55. The minimum absolute atomic E-state index is 0.214. The number of ether oxygens (including phenoxy) is 1. The van der Waals surface area contributed by atoms with Crippen LogP contribution in [0.5, 0.6) is 0 Å². The van der Waals surface area contributed by atoms with Gasteiger partial charge in [-0.15, -0.1) is 0 Å². The van der Waals surface area contributed by atoms with Crippen LogP contribution >= 0.6 is 0 Å². The molecular formula is C21H20N4O4. The van der Waals surface area contributed by atoms with Gasteiger partial charge in [-0.3, -0.25) is 4.79 Å². The van der Waals surface area contributed by atoms with Crippen LogP contribution in [0.4, 0.5) is 5.82 Å². The number of anilines is 1. The zero-order valence-electron chi connectivity index (χ0n) is 15.7. The molecule has 0 bridgehead atoms. The number of piperazine rings is 1. The molecule has 29 heavy (non-hydrogen) atoms. The number of oxazole rings is 1. The van der Waals surface area contributed by atoms with Gasteiger partial charge >= 0.3 is 5.97 Å². The fourth-order valence-corrected chi connectivity index (χ4v) is 3.10. The molecule has 1 aliphatic heterocycles. The zero-order valence-corrected chi connectivity index (χ0v) is 15.7. The first-order valence-electron chi connectivity index (χ1n) is 9.33. The fourth-order valence-electron chi connectivity index (χ4n) is 3.10. The van der Waals surface area contributed by atoms with Crippen molar-refractivity contribution in [2.75, 3.05) is 37.7 Å².